The molecule has 0 aliphatic heterocycles. The predicted molar refractivity (Wildman–Crippen MR) is 70.3 cm³/mol. The second-order valence-corrected chi connectivity index (χ2v) is 5.05. The van der Waals surface area contributed by atoms with E-state index in [-0.39, 0.29) is 18.2 Å². The van der Waals surface area contributed by atoms with Crippen LogP contribution in [0.25, 0.3) is 0 Å². The van der Waals surface area contributed by atoms with Crippen molar-refractivity contribution >= 4 is 23.4 Å². The van der Waals surface area contributed by atoms with Gasteiger partial charge in [0.15, 0.2) is 0 Å². The Balaban J connectivity index is 2.73. The highest BCUT2D eigenvalue weighted by Crippen LogP contribution is 2.29. The van der Waals surface area contributed by atoms with Gasteiger partial charge in [0.25, 0.3) is 0 Å². The van der Waals surface area contributed by atoms with E-state index < -0.39 is 12.2 Å². The smallest absolute Gasteiger partial charge is 0.247 e. The molecule has 7 heteroatoms. The number of carbonyl (C=O) groups is 1. The Kier molecular flexibility index (Phi) is 6.01. The van der Waals surface area contributed by atoms with Crippen molar-refractivity contribution in [3.8, 4) is 0 Å². The summed E-state index contributed by atoms with van der Waals surface area (Å²) in [5.41, 5.74) is 0.348. The summed E-state index contributed by atoms with van der Waals surface area (Å²) in [6, 6.07) is 3.81. The normalized spacial score (nSPS) is 10.6. The first kappa shape index (κ1) is 15.7. The number of likely N-dealkylation sites (N-methyl/N-ethyl adjacent to an activating group) is 1. The van der Waals surface area contributed by atoms with Crippen molar-refractivity contribution in [2.45, 2.75) is 11.3 Å². The van der Waals surface area contributed by atoms with Crippen LogP contribution in [0.15, 0.2) is 23.1 Å². The number of benzene rings is 1. The van der Waals surface area contributed by atoms with Gasteiger partial charge in [0.1, 0.15) is 5.82 Å². The maximum Gasteiger partial charge on any atom is 0.247 e. The van der Waals surface area contributed by atoms with Crippen LogP contribution in [0.5, 0.6) is 0 Å². The summed E-state index contributed by atoms with van der Waals surface area (Å²) < 4.78 is 37.5. The Bertz CT molecular complexity index is 441. The number of amides is 1. The Morgan fingerprint density at radius 1 is 1.42 bits per heavy atom. The van der Waals surface area contributed by atoms with Gasteiger partial charge in [-0.1, -0.05) is 0 Å². The maximum absolute atomic E-state index is 13.1. The lowest BCUT2D eigenvalue weighted by atomic mass is 10.3. The van der Waals surface area contributed by atoms with Crippen molar-refractivity contribution in [1.82, 2.24) is 4.90 Å². The zero-order valence-electron chi connectivity index (χ0n) is 10.6. The number of rotatable bonds is 6. The molecule has 1 N–H and O–H groups in total. The van der Waals surface area contributed by atoms with Gasteiger partial charge >= 0.3 is 0 Å². The first-order chi connectivity index (χ1) is 8.90. The molecule has 1 aromatic carbocycles. The van der Waals surface area contributed by atoms with Crippen LogP contribution in [-0.4, -0.2) is 43.6 Å². The van der Waals surface area contributed by atoms with Gasteiger partial charge in [-0.05, 0) is 18.2 Å². The summed E-state index contributed by atoms with van der Waals surface area (Å²) in [4.78, 5) is 13.3. The zero-order chi connectivity index (χ0) is 14.4. The fourth-order valence-electron chi connectivity index (χ4n) is 1.25. The molecule has 106 valence electrons. The maximum atomic E-state index is 13.1. The molecule has 0 saturated heterocycles. The minimum Gasteiger partial charge on any atom is -0.375 e. The fourth-order valence-corrected chi connectivity index (χ4v) is 2.00. The van der Waals surface area contributed by atoms with Gasteiger partial charge in [-0.3, -0.25) is 4.79 Å². The summed E-state index contributed by atoms with van der Waals surface area (Å²) in [6.45, 7) is -0.0152. The molecule has 0 heterocycles. The van der Waals surface area contributed by atoms with E-state index in [4.69, 9.17) is 0 Å². The molecule has 0 saturated carbocycles. The van der Waals surface area contributed by atoms with Crippen molar-refractivity contribution in [1.29, 1.82) is 0 Å². The van der Waals surface area contributed by atoms with Crippen LogP contribution in [0.1, 0.15) is 0 Å². The topological polar surface area (TPSA) is 32.3 Å². The monoisotopic (exact) mass is 292 g/mol. The molecule has 0 aliphatic rings. The largest absolute Gasteiger partial charge is 0.375 e. The second kappa shape index (κ2) is 7.28. The third-order valence-corrected chi connectivity index (χ3v) is 3.32. The summed E-state index contributed by atoms with van der Waals surface area (Å²) in [7, 11) is 3.20. The minimum absolute atomic E-state index is 0.0152. The van der Waals surface area contributed by atoms with Crippen LogP contribution < -0.4 is 5.32 Å². The Hall–Kier alpha value is -1.37. The SMILES string of the molecule is CN(C)C(=O)CNc1cc(F)ccc1SCC(F)F. The lowest BCUT2D eigenvalue weighted by molar-refractivity contribution is -0.126. The first-order valence-electron chi connectivity index (χ1n) is 5.54. The molecular formula is C12H15F3N2OS. The number of nitrogens with one attached hydrogen (secondary N) is 1. The Morgan fingerprint density at radius 2 is 2.11 bits per heavy atom. The number of anilines is 1. The van der Waals surface area contributed by atoms with Crippen molar-refractivity contribution in [3.63, 3.8) is 0 Å². The van der Waals surface area contributed by atoms with E-state index in [1.54, 1.807) is 14.1 Å². The van der Waals surface area contributed by atoms with Crippen LogP contribution in [-0.2, 0) is 4.79 Å². The molecule has 0 bridgehead atoms. The van der Waals surface area contributed by atoms with Gasteiger partial charge in [-0.15, -0.1) is 11.8 Å². The zero-order valence-corrected chi connectivity index (χ0v) is 11.4. The average molecular weight is 292 g/mol. The highest BCUT2D eigenvalue weighted by atomic mass is 32.2. The molecule has 0 aromatic heterocycles. The van der Waals surface area contributed by atoms with E-state index >= 15 is 0 Å². The minimum atomic E-state index is -2.44. The summed E-state index contributed by atoms with van der Waals surface area (Å²) in [5.74, 6) is -1.04. The van der Waals surface area contributed by atoms with Crippen LogP contribution in [0, 0.1) is 5.82 Å². The molecule has 1 rings (SSSR count). The van der Waals surface area contributed by atoms with Crippen molar-refractivity contribution in [3.05, 3.63) is 24.0 Å². The molecule has 0 atom stereocenters. The number of hydrogen-bond donors (Lipinski definition) is 1. The molecule has 3 nitrogen and oxygen atoms in total. The number of thioether (sulfide) groups is 1. The van der Waals surface area contributed by atoms with Crippen LogP contribution >= 0.6 is 11.8 Å². The van der Waals surface area contributed by atoms with Crippen molar-refractivity contribution in [2.75, 3.05) is 31.7 Å². The standard InChI is InChI=1S/C12H15F3N2OS/c1-17(2)12(18)6-16-9-5-8(13)3-4-10(9)19-7-11(14)15/h3-5,11,16H,6-7H2,1-2H3. The van der Waals surface area contributed by atoms with Gasteiger partial charge in [0, 0.05) is 19.0 Å². The molecule has 1 amide bonds. The van der Waals surface area contributed by atoms with Crippen molar-refractivity contribution in [2.24, 2.45) is 0 Å². The highest BCUT2D eigenvalue weighted by molar-refractivity contribution is 7.99. The number of carbonyl (C=O) groups excluding carboxylic acids is 1. The molecule has 0 unspecified atom stereocenters. The lowest BCUT2D eigenvalue weighted by Crippen LogP contribution is -2.28. The van der Waals surface area contributed by atoms with Gasteiger partial charge < -0.3 is 10.2 Å². The molecular weight excluding hydrogens is 277 g/mol. The van der Waals surface area contributed by atoms with E-state index in [1.807, 2.05) is 0 Å². The molecule has 0 aliphatic carbocycles. The van der Waals surface area contributed by atoms with Crippen molar-refractivity contribution < 1.29 is 18.0 Å². The number of nitrogens with zero attached hydrogens (tertiary/aromatic N) is 1. The number of hydrogen-bond acceptors (Lipinski definition) is 3. The summed E-state index contributed by atoms with van der Waals surface area (Å²) >= 11 is 0.920. The van der Waals surface area contributed by atoms with Gasteiger partial charge in [-0.2, -0.15) is 0 Å². The van der Waals surface area contributed by atoms with E-state index in [0.29, 0.717) is 10.6 Å². The third-order valence-electron chi connectivity index (χ3n) is 2.24. The Labute approximate surface area is 114 Å². The van der Waals surface area contributed by atoms with Crippen LogP contribution in [0.2, 0.25) is 0 Å². The lowest BCUT2D eigenvalue weighted by Gasteiger charge is -2.14. The molecule has 0 radical (unpaired) electrons. The second-order valence-electron chi connectivity index (χ2n) is 3.98. The highest BCUT2D eigenvalue weighted by Gasteiger charge is 2.10. The van der Waals surface area contributed by atoms with Gasteiger partial charge in [-0.25, -0.2) is 13.2 Å². The van der Waals surface area contributed by atoms with E-state index in [2.05, 4.69) is 5.32 Å². The van der Waals surface area contributed by atoms with Crippen LogP contribution in [0.4, 0.5) is 18.9 Å². The average Bonchev–Trinajstić information content (AvgIpc) is 2.34. The third kappa shape index (κ3) is 5.42. The predicted octanol–water partition coefficient (Wildman–Crippen LogP) is 2.68. The summed E-state index contributed by atoms with van der Waals surface area (Å²) in [6.07, 6.45) is -2.44. The summed E-state index contributed by atoms with van der Waals surface area (Å²) in [5, 5.41) is 2.76. The van der Waals surface area contributed by atoms with E-state index in [1.165, 1.54) is 23.1 Å². The molecule has 0 fully saturated rings. The number of alkyl halides is 2. The fraction of sp³-hybridized carbons (Fsp3) is 0.417. The van der Waals surface area contributed by atoms with E-state index in [9.17, 15) is 18.0 Å². The van der Waals surface area contributed by atoms with Gasteiger partial charge in [0.05, 0.1) is 18.0 Å². The Morgan fingerprint density at radius 3 is 2.68 bits per heavy atom. The van der Waals surface area contributed by atoms with Crippen LogP contribution in [0.3, 0.4) is 0 Å². The van der Waals surface area contributed by atoms with Gasteiger partial charge in [0.2, 0.25) is 12.3 Å². The quantitative estimate of drug-likeness (QED) is 0.818. The molecule has 1 aromatic rings. The van der Waals surface area contributed by atoms with E-state index in [0.717, 1.165) is 11.8 Å². The first-order valence-corrected chi connectivity index (χ1v) is 6.53. The molecule has 19 heavy (non-hydrogen) atoms. The molecule has 0 spiro atoms. The number of halogens is 3.